The predicted octanol–water partition coefficient (Wildman–Crippen LogP) is 1.97. The molecule has 126 valence electrons. The Morgan fingerprint density at radius 3 is 2.68 bits per heavy atom. The Morgan fingerprint density at radius 1 is 1.12 bits per heavy atom. The number of nitrogens with zero attached hydrogens (tertiary/aromatic N) is 6. The molecule has 4 aromatic rings. The van der Waals surface area contributed by atoms with Gasteiger partial charge in [0, 0.05) is 24.8 Å². The summed E-state index contributed by atoms with van der Waals surface area (Å²) in [5, 5.41) is 10.1. The van der Waals surface area contributed by atoms with Gasteiger partial charge in [-0.25, -0.2) is 14.0 Å². The molecule has 0 radical (unpaired) electrons. The van der Waals surface area contributed by atoms with E-state index in [2.05, 4.69) is 15.2 Å². The molecule has 0 atom stereocenters. The van der Waals surface area contributed by atoms with Crippen LogP contribution in [0.25, 0.3) is 22.3 Å². The van der Waals surface area contributed by atoms with E-state index in [-0.39, 0.29) is 11.7 Å². The van der Waals surface area contributed by atoms with Crippen LogP contribution in [0.3, 0.4) is 0 Å². The summed E-state index contributed by atoms with van der Waals surface area (Å²) in [5.74, 6) is 0. The van der Waals surface area contributed by atoms with E-state index in [0.717, 1.165) is 16.6 Å². The van der Waals surface area contributed by atoms with E-state index in [4.69, 9.17) is 16.3 Å². The van der Waals surface area contributed by atoms with E-state index in [9.17, 15) is 4.79 Å². The highest BCUT2D eigenvalue weighted by Crippen LogP contribution is 2.20. The smallest absolute Gasteiger partial charge is 0.353 e. The summed E-state index contributed by atoms with van der Waals surface area (Å²) in [5.41, 5.74) is 1.87. The third-order valence-corrected chi connectivity index (χ3v) is 4.02. The maximum atomic E-state index is 12.3. The first-order valence-corrected chi connectivity index (χ1v) is 7.75. The van der Waals surface area contributed by atoms with Gasteiger partial charge in [0.15, 0.2) is 0 Å². The van der Waals surface area contributed by atoms with Gasteiger partial charge in [0.2, 0.25) is 0 Å². The van der Waals surface area contributed by atoms with Crippen LogP contribution in [0.4, 0.5) is 0 Å². The molecule has 0 spiro atoms. The molecular weight excluding hydrogens is 344 g/mol. The minimum Gasteiger partial charge on any atom is -0.467 e. The Labute approximate surface area is 146 Å². The monoisotopic (exact) mass is 356 g/mol. The Morgan fingerprint density at radius 2 is 1.96 bits per heavy atom. The first kappa shape index (κ1) is 15.4. The van der Waals surface area contributed by atoms with E-state index in [1.165, 1.54) is 16.4 Å². The predicted molar refractivity (Wildman–Crippen MR) is 92.8 cm³/mol. The lowest BCUT2D eigenvalue weighted by molar-refractivity contribution is 0.362. The summed E-state index contributed by atoms with van der Waals surface area (Å²) in [6.45, 7) is 0. The molecule has 0 N–H and O–H groups in total. The van der Waals surface area contributed by atoms with Crippen molar-refractivity contribution in [1.29, 1.82) is 0 Å². The summed E-state index contributed by atoms with van der Waals surface area (Å²) in [7, 11) is 3.08. The van der Waals surface area contributed by atoms with Crippen LogP contribution in [-0.2, 0) is 7.05 Å². The zero-order chi connectivity index (χ0) is 17.6. The molecule has 0 aliphatic carbocycles. The Hall–Kier alpha value is -3.13. The molecule has 0 bridgehead atoms. The van der Waals surface area contributed by atoms with Crippen LogP contribution in [0.1, 0.15) is 0 Å². The lowest BCUT2D eigenvalue weighted by atomic mass is 10.2. The van der Waals surface area contributed by atoms with Crippen LogP contribution in [0.2, 0.25) is 5.02 Å². The number of pyridine rings is 1. The third-order valence-electron chi connectivity index (χ3n) is 3.81. The standard InChI is InChI=1S/C16H13ClN6O2/c1-21-15(25-2)20-23(16(21)24)12-3-4-14-10(5-12)9-22(19-14)13-6-11(17)7-18-8-13/h3-9H,1-2H3. The van der Waals surface area contributed by atoms with E-state index in [1.807, 2.05) is 18.3 Å². The first-order chi connectivity index (χ1) is 12.1. The van der Waals surface area contributed by atoms with Gasteiger partial charge in [-0.2, -0.15) is 9.78 Å². The number of hydrogen-bond donors (Lipinski definition) is 0. The van der Waals surface area contributed by atoms with Gasteiger partial charge < -0.3 is 4.74 Å². The molecule has 3 aromatic heterocycles. The molecule has 0 fully saturated rings. The molecule has 4 rings (SSSR count). The van der Waals surface area contributed by atoms with Gasteiger partial charge in [0.05, 0.1) is 35.2 Å². The van der Waals surface area contributed by atoms with Gasteiger partial charge >= 0.3 is 11.7 Å². The highest BCUT2D eigenvalue weighted by atomic mass is 35.5. The molecule has 0 amide bonds. The fourth-order valence-electron chi connectivity index (χ4n) is 2.57. The molecule has 0 unspecified atom stereocenters. The van der Waals surface area contributed by atoms with Crippen molar-refractivity contribution in [3.8, 4) is 17.4 Å². The second-order valence-corrected chi connectivity index (χ2v) is 5.85. The molecule has 8 nitrogen and oxygen atoms in total. The summed E-state index contributed by atoms with van der Waals surface area (Å²) in [6.07, 6.45) is 5.08. The van der Waals surface area contributed by atoms with Gasteiger partial charge in [-0.3, -0.25) is 4.98 Å². The number of methoxy groups -OCH3 is 1. The number of halogens is 1. The molecule has 3 heterocycles. The van der Waals surface area contributed by atoms with Gasteiger partial charge in [-0.15, -0.1) is 5.10 Å². The summed E-state index contributed by atoms with van der Waals surface area (Å²) in [4.78, 5) is 16.4. The number of ether oxygens (including phenoxy) is 1. The average molecular weight is 357 g/mol. The molecule has 1 aromatic carbocycles. The van der Waals surface area contributed by atoms with Crippen LogP contribution in [-0.4, -0.2) is 36.2 Å². The first-order valence-electron chi connectivity index (χ1n) is 7.37. The fraction of sp³-hybridized carbons (Fsp3) is 0.125. The topological polar surface area (TPSA) is 79.8 Å². The van der Waals surface area contributed by atoms with E-state index >= 15 is 0 Å². The minimum atomic E-state index is -0.289. The van der Waals surface area contributed by atoms with Crippen LogP contribution in [0.5, 0.6) is 6.01 Å². The highest BCUT2D eigenvalue weighted by Gasteiger charge is 2.13. The third kappa shape index (κ3) is 2.56. The van der Waals surface area contributed by atoms with Gasteiger partial charge in [0.1, 0.15) is 0 Å². The summed E-state index contributed by atoms with van der Waals surface area (Å²) < 4.78 is 9.40. The van der Waals surface area contributed by atoms with Crippen LogP contribution in [0.15, 0.2) is 47.7 Å². The van der Waals surface area contributed by atoms with Gasteiger partial charge in [-0.1, -0.05) is 11.6 Å². The van der Waals surface area contributed by atoms with Crippen LogP contribution < -0.4 is 10.4 Å². The molecule has 0 saturated carbocycles. The van der Waals surface area contributed by atoms with Crippen LogP contribution >= 0.6 is 11.6 Å². The zero-order valence-corrected chi connectivity index (χ0v) is 14.2. The van der Waals surface area contributed by atoms with Crippen molar-refractivity contribution in [3.05, 3.63) is 58.4 Å². The second-order valence-electron chi connectivity index (χ2n) is 5.42. The maximum absolute atomic E-state index is 12.3. The van der Waals surface area contributed by atoms with Gasteiger partial charge in [-0.05, 0) is 24.3 Å². The maximum Gasteiger partial charge on any atom is 0.353 e. The van der Waals surface area contributed by atoms with Crippen molar-refractivity contribution in [1.82, 2.24) is 29.1 Å². The molecule has 0 aliphatic heterocycles. The van der Waals surface area contributed by atoms with Crippen LogP contribution in [0, 0.1) is 0 Å². The summed E-state index contributed by atoms with van der Waals surface area (Å²) >= 11 is 5.98. The van der Waals surface area contributed by atoms with Crippen molar-refractivity contribution < 1.29 is 4.74 Å². The Kier molecular flexibility index (Phi) is 3.54. The Balaban J connectivity index is 1.82. The molecule has 0 saturated heterocycles. The quantitative estimate of drug-likeness (QED) is 0.560. The fourth-order valence-corrected chi connectivity index (χ4v) is 2.74. The molecule has 9 heteroatoms. The summed E-state index contributed by atoms with van der Waals surface area (Å²) in [6, 6.07) is 7.46. The number of fused-ring (bicyclic) bond motifs is 1. The minimum absolute atomic E-state index is 0.241. The second kappa shape index (κ2) is 5.75. The van der Waals surface area contributed by atoms with Crippen molar-refractivity contribution in [2.24, 2.45) is 7.05 Å². The van der Waals surface area contributed by atoms with Crippen molar-refractivity contribution >= 4 is 22.5 Å². The van der Waals surface area contributed by atoms with Crippen molar-refractivity contribution in [3.63, 3.8) is 0 Å². The number of rotatable bonds is 3. The molecular formula is C16H13ClN6O2. The van der Waals surface area contributed by atoms with E-state index < -0.39 is 0 Å². The Bertz CT molecular complexity index is 1140. The molecule has 0 aliphatic rings. The zero-order valence-electron chi connectivity index (χ0n) is 13.4. The normalized spacial score (nSPS) is 11.2. The van der Waals surface area contributed by atoms with Crippen molar-refractivity contribution in [2.45, 2.75) is 0 Å². The van der Waals surface area contributed by atoms with E-state index in [1.54, 1.807) is 36.3 Å². The lowest BCUT2D eigenvalue weighted by Gasteiger charge is -1.99. The average Bonchev–Trinajstić information content (AvgIpc) is 3.16. The lowest BCUT2D eigenvalue weighted by Crippen LogP contribution is -2.21. The molecule has 25 heavy (non-hydrogen) atoms. The van der Waals surface area contributed by atoms with Crippen molar-refractivity contribution in [2.75, 3.05) is 7.11 Å². The van der Waals surface area contributed by atoms with E-state index in [0.29, 0.717) is 10.7 Å². The number of hydrogen-bond acceptors (Lipinski definition) is 5. The van der Waals surface area contributed by atoms with Gasteiger partial charge in [0.25, 0.3) is 0 Å². The largest absolute Gasteiger partial charge is 0.467 e. The number of benzene rings is 1. The SMILES string of the molecule is COc1nn(-c2ccc3nn(-c4cncc(Cl)c4)cc3c2)c(=O)n1C. The highest BCUT2D eigenvalue weighted by molar-refractivity contribution is 6.30. The number of aromatic nitrogens is 6.